The lowest BCUT2D eigenvalue weighted by Crippen LogP contribution is -2.37. The quantitative estimate of drug-likeness (QED) is 0.727. The fourth-order valence-corrected chi connectivity index (χ4v) is 3.72. The van der Waals surface area contributed by atoms with Gasteiger partial charge in [0.15, 0.2) is 0 Å². The van der Waals surface area contributed by atoms with E-state index in [1.165, 1.54) is 0 Å². The molecule has 1 aliphatic rings. The van der Waals surface area contributed by atoms with E-state index < -0.39 is 0 Å². The molecule has 0 bridgehead atoms. The molecule has 134 valence electrons. The maximum absolute atomic E-state index is 12.7. The first kappa shape index (κ1) is 16.7. The molecule has 0 saturated carbocycles. The third kappa shape index (κ3) is 3.31. The summed E-state index contributed by atoms with van der Waals surface area (Å²) in [6, 6.07) is 9.57. The van der Waals surface area contributed by atoms with Crippen LogP contribution in [-0.4, -0.2) is 32.6 Å². The third-order valence-corrected chi connectivity index (χ3v) is 5.08. The van der Waals surface area contributed by atoms with E-state index in [4.69, 9.17) is 0 Å². The van der Waals surface area contributed by atoms with Crippen LogP contribution in [-0.2, 0) is 6.54 Å². The number of benzene rings is 1. The first-order valence-electron chi connectivity index (χ1n) is 9.11. The summed E-state index contributed by atoms with van der Waals surface area (Å²) in [5.41, 5.74) is 1.82. The Labute approximate surface area is 152 Å². The van der Waals surface area contributed by atoms with E-state index in [0.717, 1.165) is 55.3 Å². The maximum atomic E-state index is 12.7. The van der Waals surface area contributed by atoms with Crippen molar-refractivity contribution < 1.29 is 0 Å². The second kappa shape index (κ2) is 6.86. The van der Waals surface area contributed by atoms with Gasteiger partial charge in [-0.3, -0.25) is 9.36 Å². The van der Waals surface area contributed by atoms with Crippen LogP contribution < -0.4 is 10.5 Å². The molecule has 1 aliphatic heterocycles. The number of para-hydroxylation sites is 1. The van der Waals surface area contributed by atoms with E-state index in [9.17, 15) is 4.79 Å². The molecule has 26 heavy (non-hydrogen) atoms. The van der Waals surface area contributed by atoms with E-state index in [0.29, 0.717) is 11.3 Å². The summed E-state index contributed by atoms with van der Waals surface area (Å²) in [6.45, 7) is 6.57. The second-order valence-electron chi connectivity index (χ2n) is 7.06. The molecule has 0 amide bonds. The van der Waals surface area contributed by atoms with Crippen LogP contribution in [0.15, 0.2) is 41.5 Å². The number of hydrogen-bond acceptors (Lipinski definition) is 5. The lowest BCUT2D eigenvalue weighted by Gasteiger charge is -2.33. The highest BCUT2D eigenvalue weighted by Gasteiger charge is 2.21. The molecule has 1 aromatic carbocycles. The van der Waals surface area contributed by atoms with Gasteiger partial charge in [-0.05, 0) is 44.7 Å². The summed E-state index contributed by atoms with van der Waals surface area (Å²) in [5, 5.41) is 0.694. The lowest BCUT2D eigenvalue weighted by atomic mass is 9.96. The first-order valence-corrected chi connectivity index (χ1v) is 9.11. The van der Waals surface area contributed by atoms with Crippen molar-refractivity contribution in [3.05, 3.63) is 58.5 Å². The van der Waals surface area contributed by atoms with Crippen LogP contribution >= 0.6 is 0 Å². The highest BCUT2D eigenvalue weighted by molar-refractivity contribution is 5.76. The molecule has 1 fully saturated rings. The highest BCUT2D eigenvalue weighted by Crippen LogP contribution is 2.23. The van der Waals surface area contributed by atoms with Crippen LogP contribution in [0.5, 0.6) is 0 Å². The van der Waals surface area contributed by atoms with Gasteiger partial charge in [0.05, 0.1) is 17.2 Å². The second-order valence-corrected chi connectivity index (χ2v) is 7.06. The molecule has 0 radical (unpaired) electrons. The number of anilines is 1. The summed E-state index contributed by atoms with van der Waals surface area (Å²) in [6.07, 6.45) is 3.77. The van der Waals surface area contributed by atoms with Crippen LogP contribution in [0, 0.1) is 19.8 Å². The van der Waals surface area contributed by atoms with Crippen molar-refractivity contribution in [3.63, 3.8) is 0 Å². The Morgan fingerprint density at radius 1 is 1.12 bits per heavy atom. The van der Waals surface area contributed by atoms with Gasteiger partial charge in [0.1, 0.15) is 11.6 Å². The smallest absolute Gasteiger partial charge is 0.261 e. The van der Waals surface area contributed by atoms with Gasteiger partial charge in [0.25, 0.3) is 5.56 Å². The molecular weight excluding hydrogens is 326 g/mol. The van der Waals surface area contributed by atoms with Crippen molar-refractivity contribution in [2.45, 2.75) is 33.2 Å². The van der Waals surface area contributed by atoms with Gasteiger partial charge in [-0.2, -0.15) is 0 Å². The Bertz CT molecular complexity index is 969. The molecule has 6 nitrogen and oxygen atoms in total. The Balaban J connectivity index is 1.46. The Kier molecular flexibility index (Phi) is 4.41. The minimum absolute atomic E-state index is 0.0556. The number of hydrogen-bond donors (Lipinski definition) is 0. The fourth-order valence-electron chi connectivity index (χ4n) is 3.72. The molecule has 6 heteroatoms. The monoisotopic (exact) mass is 349 g/mol. The van der Waals surface area contributed by atoms with Gasteiger partial charge in [-0.1, -0.05) is 12.1 Å². The molecule has 4 rings (SSSR count). The van der Waals surface area contributed by atoms with Crippen molar-refractivity contribution in [1.29, 1.82) is 0 Å². The zero-order valence-electron chi connectivity index (χ0n) is 15.2. The molecular formula is C20H23N5O. The SMILES string of the molecule is Cc1cc(N2CCC(Cn3cnc4ccccc4c3=O)CC2)nc(C)n1. The predicted octanol–water partition coefficient (Wildman–Crippen LogP) is 2.72. The molecule has 2 aromatic heterocycles. The Hall–Kier alpha value is -2.76. The number of piperidine rings is 1. The van der Waals surface area contributed by atoms with Gasteiger partial charge in [-0.15, -0.1) is 0 Å². The third-order valence-electron chi connectivity index (χ3n) is 5.08. The summed E-state index contributed by atoms with van der Waals surface area (Å²) in [7, 11) is 0. The molecule has 3 aromatic rings. The molecule has 1 saturated heterocycles. The standard InChI is InChI=1S/C20H23N5O/c1-14-11-19(23-15(2)22-14)24-9-7-16(8-10-24)12-25-13-21-18-6-4-3-5-17(18)20(25)26/h3-6,11,13,16H,7-10,12H2,1-2H3. The maximum Gasteiger partial charge on any atom is 0.261 e. The number of rotatable bonds is 3. The van der Waals surface area contributed by atoms with Crippen LogP contribution in [0.3, 0.4) is 0 Å². The fraction of sp³-hybridized carbons (Fsp3) is 0.400. The average Bonchev–Trinajstić information content (AvgIpc) is 2.64. The van der Waals surface area contributed by atoms with Gasteiger partial charge >= 0.3 is 0 Å². The van der Waals surface area contributed by atoms with Crippen molar-refractivity contribution in [2.24, 2.45) is 5.92 Å². The molecule has 3 heterocycles. The van der Waals surface area contributed by atoms with E-state index in [-0.39, 0.29) is 5.56 Å². The van der Waals surface area contributed by atoms with Crippen molar-refractivity contribution in [3.8, 4) is 0 Å². The Morgan fingerprint density at radius 2 is 1.88 bits per heavy atom. The summed E-state index contributed by atoms with van der Waals surface area (Å²) in [5.74, 6) is 2.31. The van der Waals surface area contributed by atoms with Crippen LogP contribution in [0.4, 0.5) is 5.82 Å². The predicted molar refractivity (Wildman–Crippen MR) is 102 cm³/mol. The summed E-state index contributed by atoms with van der Waals surface area (Å²) in [4.78, 5) is 28.3. The molecule has 0 N–H and O–H groups in total. The summed E-state index contributed by atoms with van der Waals surface area (Å²) < 4.78 is 1.77. The zero-order chi connectivity index (χ0) is 18.1. The largest absolute Gasteiger partial charge is 0.356 e. The van der Waals surface area contributed by atoms with E-state index in [2.05, 4.69) is 19.9 Å². The Morgan fingerprint density at radius 3 is 2.65 bits per heavy atom. The van der Waals surface area contributed by atoms with E-state index in [1.807, 2.05) is 44.2 Å². The first-order chi connectivity index (χ1) is 12.6. The number of aryl methyl sites for hydroxylation is 2. The summed E-state index contributed by atoms with van der Waals surface area (Å²) >= 11 is 0. The lowest BCUT2D eigenvalue weighted by molar-refractivity contribution is 0.351. The van der Waals surface area contributed by atoms with Crippen molar-refractivity contribution >= 4 is 16.7 Å². The van der Waals surface area contributed by atoms with Gasteiger partial charge < -0.3 is 4.90 Å². The normalized spacial score (nSPS) is 15.5. The van der Waals surface area contributed by atoms with Crippen molar-refractivity contribution in [2.75, 3.05) is 18.0 Å². The van der Waals surface area contributed by atoms with Crippen LogP contribution in [0.1, 0.15) is 24.4 Å². The van der Waals surface area contributed by atoms with Gasteiger partial charge in [0.2, 0.25) is 0 Å². The topological polar surface area (TPSA) is 63.9 Å². The van der Waals surface area contributed by atoms with E-state index >= 15 is 0 Å². The van der Waals surface area contributed by atoms with E-state index in [1.54, 1.807) is 10.9 Å². The minimum Gasteiger partial charge on any atom is -0.356 e. The molecule has 0 spiro atoms. The number of nitrogens with zero attached hydrogens (tertiary/aromatic N) is 5. The zero-order valence-corrected chi connectivity index (χ0v) is 15.2. The van der Waals surface area contributed by atoms with Gasteiger partial charge in [0, 0.05) is 31.4 Å². The number of fused-ring (bicyclic) bond motifs is 1. The van der Waals surface area contributed by atoms with Gasteiger partial charge in [-0.25, -0.2) is 15.0 Å². The molecule has 0 unspecified atom stereocenters. The molecule has 0 aliphatic carbocycles. The molecule has 0 atom stereocenters. The van der Waals surface area contributed by atoms with Crippen molar-refractivity contribution in [1.82, 2.24) is 19.5 Å². The average molecular weight is 349 g/mol. The van der Waals surface area contributed by atoms with Crippen LogP contribution in [0.25, 0.3) is 10.9 Å². The minimum atomic E-state index is 0.0556. The number of aromatic nitrogens is 4. The van der Waals surface area contributed by atoms with Crippen LogP contribution in [0.2, 0.25) is 0 Å². The highest BCUT2D eigenvalue weighted by atomic mass is 16.1.